The maximum absolute atomic E-state index is 12.3. The van der Waals surface area contributed by atoms with Crippen LogP contribution in [0.4, 0.5) is 0 Å². The molecule has 24 heavy (non-hydrogen) atoms. The minimum absolute atomic E-state index is 0.105. The number of thiazole rings is 1. The fourth-order valence-electron chi connectivity index (χ4n) is 2.85. The van der Waals surface area contributed by atoms with Crippen LogP contribution in [0.1, 0.15) is 36.5 Å². The number of benzene rings is 2. The zero-order valence-electron chi connectivity index (χ0n) is 14.5. The van der Waals surface area contributed by atoms with Crippen molar-refractivity contribution in [2.45, 2.75) is 33.1 Å². The average Bonchev–Trinajstić information content (AvgIpc) is 2.85. The molecule has 3 aromatic rings. The molecule has 1 amide bonds. The molecule has 0 bridgehead atoms. The molecule has 0 fully saturated rings. The SMILES string of the molecule is Cc1cccc2sc(=NC(=O)Cc3ccc(C(C)C)cc3)n(C)c12. The summed E-state index contributed by atoms with van der Waals surface area (Å²) in [5.74, 6) is 0.396. The van der Waals surface area contributed by atoms with Gasteiger partial charge in [-0.2, -0.15) is 4.99 Å². The van der Waals surface area contributed by atoms with E-state index in [0.717, 1.165) is 20.6 Å². The Morgan fingerprint density at radius 2 is 1.88 bits per heavy atom. The highest BCUT2D eigenvalue weighted by atomic mass is 32.1. The van der Waals surface area contributed by atoms with Gasteiger partial charge >= 0.3 is 0 Å². The third-order valence-corrected chi connectivity index (χ3v) is 5.34. The molecule has 0 saturated heterocycles. The first-order valence-electron chi connectivity index (χ1n) is 8.17. The quantitative estimate of drug-likeness (QED) is 0.699. The van der Waals surface area contributed by atoms with Crippen LogP contribution in [-0.4, -0.2) is 10.5 Å². The van der Waals surface area contributed by atoms with Crippen molar-refractivity contribution >= 4 is 27.5 Å². The summed E-state index contributed by atoms with van der Waals surface area (Å²) in [5.41, 5.74) is 4.64. The Morgan fingerprint density at radius 1 is 1.17 bits per heavy atom. The van der Waals surface area contributed by atoms with Gasteiger partial charge in [-0.1, -0.05) is 61.6 Å². The van der Waals surface area contributed by atoms with Gasteiger partial charge < -0.3 is 4.57 Å². The Hall–Kier alpha value is -2.20. The van der Waals surface area contributed by atoms with Crippen LogP contribution in [-0.2, 0) is 18.3 Å². The Labute approximate surface area is 146 Å². The van der Waals surface area contributed by atoms with Crippen molar-refractivity contribution in [2.75, 3.05) is 0 Å². The van der Waals surface area contributed by atoms with Crippen LogP contribution in [0.25, 0.3) is 10.2 Å². The van der Waals surface area contributed by atoms with E-state index < -0.39 is 0 Å². The first-order chi connectivity index (χ1) is 11.5. The second-order valence-electron chi connectivity index (χ2n) is 6.44. The lowest BCUT2D eigenvalue weighted by molar-refractivity contribution is -0.117. The van der Waals surface area contributed by atoms with Crippen LogP contribution in [0, 0.1) is 6.92 Å². The van der Waals surface area contributed by atoms with Gasteiger partial charge in [-0.05, 0) is 35.6 Å². The molecule has 0 spiro atoms. The number of fused-ring (bicyclic) bond motifs is 1. The number of aromatic nitrogens is 1. The number of rotatable bonds is 3. The smallest absolute Gasteiger partial charge is 0.252 e. The van der Waals surface area contributed by atoms with Crippen LogP contribution in [0.3, 0.4) is 0 Å². The number of amides is 1. The molecule has 1 aromatic heterocycles. The molecule has 124 valence electrons. The number of para-hydroxylation sites is 1. The van der Waals surface area contributed by atoms with Gasteiger partial charge in [0.25, 0.3) is 5.91 Å². The number of hydrogen-bond donors (Lipinski definition) is 0. The second-order valence-corrected chi connectivity index (χ2v) is 7.45. The van der Waals surface area contributed by atoms with Gasteiger partial charge in [0.15, 0.2) is 4.80 Å². The van der Waals surface area contributed by atoms with E-state index in [0.29, 0.717) is 12.3 Å². The molecule has 0 aliphatic carbocycles. The van der Waals surface area contributed by atoms with Crippen LogP contribution in [0.2, 0.25) is 0 Å². The largest absolute Gasteiger partial charge is 0.319 e. The summed E-state index contributed by atoms with van der Waals surface area (Å²) in [5, 5.41) is 0. The lowest BCUT2D eigenvalue weighted by Gasteiger charge is -2.05. The number of nitrogens with zero attached hydrogens (tertiary/aromatic N) is 2. The topological polar surface area (TPSA) is 34.4 Å². The van der Waals surface area contributed by atoms with E-state index >= 15 is 0 Å². The van der Waals surface area contributed by atoms with E-state index in [4.69, 9.17) is 0 Å². The maximum atomic E-state index is 12.3. The van der Waals surface area contributed by atoms with E-state index in [-0.39, 0.29) is 5.91 Å². The molecule has 1 heterocycles. The molecule has 3 nitrogen and oxygen atoms in total. The summed E-state index contributed by atoms with van der Waals surface area (Å²) in [6.07, 6.45) is 0.339. The van der Waals surface area contributed by atoms with Crippen molar-refractivity contribution in [3.8, 4) is 0 Å². The van der Waals surface area contributed by atoms with Crippen molar-refractivity contribution in [2.24, 2.45) is 12.0 Å². The minimum atomic E-state index is -0.105. The van der Waals surface area contributed by atoms with Gasteiger partial charge in [0.1, 0.15) is 0 Å². The molecular weight excluding hydrogens is 316 g/mol. The van der Waals surface area contributed by atoms with Crippen molar-refractivity contribution < 1.29 is 4.79 Å². The van der Waals surface area contributed by atoms with E-state index in [1.165, 1.54) is 11.1 Å². The summed E-state index contributed by atoms with van der Waals surface area (Å²) in [6.45, 7) is 6.41. The molecule has 0 radical (unpaired) electrons. The Balaban J connectivity index is 1.87. The third kappa shape index (κ3) is 3.34. The molecule has 0 aliphatic rings. The average molecular weight is 338 g/mol. The molecule has 0 aliphatic heterocycles. The van der Waals surface area contributed by atoms with Gasteiger partial charge in [-0.25, -0.2) is 0 Å². The van der Waals surface area contributed by atoms with Crippen LogP contribution in [0.15, 0.2) is 47.5 Å². The van der Waals surface area contributed by atoms with Gasteiger partial charge in [0.2, 0.25) is 0 Å². The first-order valence-corrected chi connectivity index (χ1v) is 8.99. The summed E-state index contributed by atoms with van der Waals surface area (Å²) < 4.78 is 3.17. The molecule has 0 atom stereocenters. The fourth-order valence-corrected chi connectivity index (χ4v) is 3.96. The fraction of sp³-hybridized carbons (Fsp3) is 0.300. The summed E-state index contributed by atoms with van der Waals surface area (Å²) >= 11 is 1.56. The summed E-state index contributed by atoms with van der Waals surface area (Å²) in [7, 11) is 1.97. The standard InChI is InChI=1S/C20H22N2OS/c1-13(2)16-10-8-15(9-11-16)12-18(23)21-20-22(4)19-14(3)6-5-7-17(19)24-20/h5-11,13H,12H2,1-4H3. The van der Waals surface area contributed by atoms with Gasteiger partial charge in [-0.15, -0.1) is 0 Å². The summed E-state index contributed by atoms with van der Waals surface area (Å²) in [6, 6.07) is 14.4. The zero-order chi connectivity index (χ0) is 17.3. The van der Waals surface area contributed by atoms with Gasteiger partial charge in [0.05, 0.1) is 16.6 Å². The Bertz CT molecular complexity index is 946. The predicted octanol–water partition coefficient (Wildman–Crippen LogP) is 4.34. The highest BCUT2D eigenvalue weighted by molar-refractivity contribution is 7.16. The predicted molar refractivity (Wildman–Crippen MR) is 100 cm³/mol. The zero-order valence-corrected chi connectivity index (χ0v) is 15.4. The van der Waals surface area contributed by atoms with Crippen LogP contribution >= 0.6 is 11.3 Å². The van der Waals surface area contributed by atoms with E-state index in [1.54, 1.807) is 11.3 Å². The first kappa shape index (κ1) is 16.7. The van der Waals surface area contributed by atoms with Crippen LogP contribution in [0.5, 0.6) is 0 Å². The normalized spacial score (nSPS) is 12.3. The van der Waals surface area contributed by atoms with Crippen molar-refractivity contribution in [3.05, 3.63) is 64.0 Å². The number of carbonyl (C=O) groups excluding carboxylic acids is 1. The van der Waals surface area contributed by atoms with E-state index in [9.17, 15) is 4.79 Å². The molecule has 3 rings (SSSR count). The highest BCUT2D eigenvalue weighted by Crippen LogP contribution is 2.20. The molecular formula is C20H22N2OS. The third-order valence-electron chi connectivity index (χ3n) is 4.25. The molecule has 0 N–H and O–H groups in total. The van der Waals surface area contributed by atoms with E-state index in [2.05, 4.69) is 50.0 Å². The van der Waals surface area contributed by atoms with E-state index in [1.807, 2.05) is 29.8 Å². The lowest BCUT2D eigenvalue weighted by atomic mass is 10.0. The summed E-state index contributed by atoms with van der Waals surface area (Å²) in [4.78, 5) is 17.4. The Kier molecular flexibility index (Phi) is 4.67. The van der Waals surface area contributed by atoms with Crippen molar-refractivity contribution in [3.63, 3.8) is 0 Å². The van der Waals surface area contributed by atoms with Crippen LogP contribution < -0.4 is 4.80 Å². The number of hydrogen-bond acceptors (Lipinski definition) is 2. The molecule has 0 unspecified atom stereocenters. The minimum Gasteiger partial charge on any atom is -0.319 e. The monoisotopic (exact) mass is 338 g/mol. The molecule has 4 heteroatoms. The number of carbonyl (C=O) groups is 1. The number of aryl methyl sites for hydroxylation is 2. The molecule has 0 saturated carbocycles. The van der Waals surface area contributed by atoms with Gasteiger partial charge in [-0.3, -0.25) is 4.79 Å². The second kappa shape index (κ2) is 6.73. The lowest BCUT2D eigenvalue weighted by Crippen LogP contribution is -2.14. The maximum Gasteiger partial charge on any atom is 0.252 e. The van der Waals surface area contributed by atoms with Gasteiger partial charge in [0, 0.05) is 7.05 Å². The molecule has 2 aromatic carbocycles. The van der Waals surface area contributed by atoms with Crippen molar-refractivity contribution in [1.29, 1.82) is 0 Å². The highest BCUT2D eigenvalue weighted by Gasteiger charge is 2.08. The van der Waals surface area contributed by atoms with Crippen molar-refractivity contribution in [1.82, 2.24) is 4.57 Å². The Morgan fingerprint density at radius 3 is 2.50 bits per heavy atom.